The van der Waals surface area contributed by atoms with E-state index < -0.39 is 23.7 Å². The van der Waals surface area contributed by atoms with Crippen LogP contribution in [0.5, 0.6) is 0 Å². The van der Waals surface area contributed by atoms with Crippen LogP contribution in [0.15, 0.2) is 27.6 Å². The maximum absolute atomic E-state index is 11.4. The van der Waals surface area contributed by atoms with Gasteiger partial charge in [0, 0.05) is 0 Å². The molecule has 0 aliphatic heterocycles. The first-order valence-electron chi connectivity index (χ1n) is 4.43. The maximum Gasteiger partial charge on any atom is 0.350 e. The Bertz CT molecular complexity index is 447. The average molecular weight is 226 g/mol. The molecule has 16 heavy (non-hydrogen) atoms. The lowest BCUT2D eigenvalue weighted by atomic mass is 10.3. The normalized spacial score (nSPS) is 11.6. The molecule has 0 aliphatic rings. The van der Waals surface area contributed by atoms with Crippen molar-refractivity contribution >= 4 is 11.9 Å². The standard InChI is InChI=1S/C10H10O6/c1-6(8(11)14-2)16-10(13)7-4-3-5-15-9(7)12/h3-6H,1-2H3/t6-/m1/s1. The molecule has 6 heteroatoms. The molecule has 1 heterocycles. The molecule has 1 atom stereocenters. The largest absolute Gasteiger partial charge is 0.466 e. The molecule has 0 unspecified atom stereocenters. The molecular weight excluding hydrogens is 216 g/mol. The van der Waals surface area contributed by atoms with Crippen molar-refractivity contribution in [3.63, 3.8) is 0 Å². The Morgan fingerprint density at radius 2 is 2.12 bits per heavy atom. The van der Waals surface area contributed by atoms with E-state index in [0.717, 1.165) is 6.26 Å². The van der Waals surface area contributed by atoms with Crippen LogP contribution in [-0.4, -0.2) is 25.2 Å². The summed E-state index contributed by atoms with van der Waals surface area (Å²) in [5.74, 6) is -1.62. The minimum atomic E-state index is -1.07. The third kappa shape index (κ3) is 2.69. The van der Waals surface area contributed by atoms with E-state index in [4.69, 9.17) is 4.74 Å². The summed E-state index contributed by atoms with van der Waals surface area (Å²) >= 11 is 0. The summed E-state index contributed by atoms with van der Waals surface area (Å²) in [6.07, 6.45) is 0.0696. The number of carbonyl (C=O) groups is 2. The van der Waals surface area contributed by atoms with E-state index in [9.17, 15) is 14.4 Å². The smallest absolute Gasteiger partial charge is 0.350 e. The van der Waals surface area contributed by atoms with Crippen LogP contribution in [0.1, 0.15) is 17.3 Å². The molecule has 1 aromatic rings. The SMILES string of the molecule is COC(=O)[C@@H](C)OC(=O)c1cccoc1=O. The van der Waals surface area contributed by atoms with Crippen LogP contribution >= 0.6 is 0 Å². The van der Waals surface area contributed by atoms with Gasteiger partial charge in [-0.1, -0.05) is 0 Å². The van der Waals surface area contributed by atoms with Crippen LogP contribution in [0, 0.1) is 0 Å². The summed E-state index contributed by atoms with van der Waals surface area (Å²) in [4.78, 5) is 33.5. The van der Waals surface area contributed by atoms with Crippen molar-refractivity contribution in [2.45, 2.75) is 13.0 Å². The van der Waals surface area contributed by atoms with Gasteiger partial charge in [-0.2, -0.15) is 0 Å². The summed E-state index contributed by atoms with van der Waals surface area (Å²) in [6, 6.07) is 2.62. The third-order valence-corrected chi connectivity index (χ3v) is 1.77. The predicted molar refractivity (Wildman–Crippen MR) is 51.9 cm³/mol. The molecule has 0 bridgehead atoms. The minimum Gasteiger partial charge on any atom is -0.466 e. The highest BCUT2D eigenvalue weighted by Gasteiger charge is 2.21. The lowest BCUT2D eigenvalue weighted by Gasteiger charge is -2.09. The van der Waals surface area contributed by atoms with Gasteiger partial charge in [0.15, 0.2) is 6.10 Å². The molecule has 0 aromatic carbocycles. The molecule has 1 rings (SSSR count). The summed E-state index contributed by atoms with van der Waals surface area (Å²) in [5.41, 5.74) is -1.08. The monoisotopic (exact) mass is 226 g/mol. The van der Waals surface area contributed by atoms with Gasteiger partial charge >= 0.3 is 17.6 Å². The number of carbonyl (C=O) groups excluding carboxylic acids is 2. The zero-order valence-electron chi connectivity index (χ0n) is 8.76. The first kappa shape index (κ1) is 12.0. The fourth-order valence-electron chi connectivity index (χ4n) is 0.958. The molecule has 0 N–H and O–H groups in total. The van der Waals surface area contributed by atoms with Crippen molar-refractivity contribution in [1.29, 1.82) is 0 Å². The van der Waals surface area contributed by atoms with Gasteiger partial charge in [-0.3, -0.25) is 0 Å². The molecule has 0 radical (unpaired) electrons. The van der Waals surface area contributed by atoms with Crippen molar-refractivity contribution in [2.75, 3.05) is 7.11 Å². The van der Waals surface area contributed by atoms with E-state index in [1.165, 1.54) is 26.2 Å². The number of esters is 2. The van der Waals surface area contributed by atoms with Crippen molar-refractivity contribution in [3.8, 4) is 0 Å². The summed E-state index contributed by atoms with van der Waals surface area (Å²) in [6.45, 7) is 1.34. The second-order valence-electron chi connectivity index (χ2n) is 2.88. The molecule has 0 saturated heterocycles. The topological polar surface area (TPSA) is 82.8 Å². The molecule has 86 valence electrons. The summed E-state index contributed by atoms with van der Waals surface area (Å²) < 4.78 is 13.5. The molecule has 0 saturated carbocycles. The Labute approximate surface area is 90.8 Å². The Hall–Kier alpha value is -2.11. The zero-order valence-corrected chi connectivity index (χ0v) is 8.76. The van der Waals surface area contributed by atoms with Crippen LogP contribution in [0.4, 0.5) is 0 Å². The first-order valence-corrected chi connectivity index (χ1v) is 4.43. The van der Waals surface area contributed by atoms with Gasteiger partial charge in [0.25, 0.3) is 0 Å². The molecule has 6 nitrogen and oxygen atoms in total. The van der Waals surface area contributed by atoms with Crippen LogP contribution < -0.4 is 5.63 Å². The van der Waals surface area contributed by atoms with E-state index >= 15 is 0 Å². The maximum atomic E-state index is 11.4. The van der Waals surface area contributed by atoms with Gasteiger partial charge < -0.3 is 13.9 Å². The minimum absolute atomic E-state index is 0.266. The highest BCUT2D eigenvalue weighted by Crippen LogP contribution is 2.00. The Morgan fingerprint density at radius 1 is 1.44 bits per heavy atom. The number of rotatable bonds is 3. The van der Waals surface area contributed by atoms with Crippen molar-refractivity contribution < 1.29 is 23.5 Å². The second-order valence-corrected chi connectivity index (χ2v) is 2.88. The molecule has 0 aliphatic carbocycles. The molecule has 1 aromatic heterocycles. The zero-order chi connectivity index (χ0) is 12.1. The van der Waals surface area contributed by atoms with Gasteiger partial charge in [-0.25, -0.2) is 14.4 Å². The highest BCUT2D eigenvalue weighted by molar-refractivity contribution is 5.90. The van der Waals surface area contributed by atoms with Crippen LogP contribution in [0.25, 0.3) is 0 Å². The molecule has 0 amide bonds. The van der Waals surface area contributed by atoms with Crippen molar-refractivity contribution in [3.05, 3.63) is 34.4 Å². The van der Waals surface area contributed by atoms with Crippen LogP contribution in [0.2, 0.25) is 0 Å². The van der Waals surface area contributed by atoms with Gasteiger partial charge in [-0.05, 0) is 19.1 Å². The quantitative estimate of drug-likeness (QED) is 0.692. The Kier molecular flexibility index (Phi) is 3.82. The van der Waals surface area contributed by atoms with E-state index in [-0.39, 0.29) is 5.56 Å². The van der Waals surface area contributed by atoms with Gasteiger partial charge in [-0.15, -0.1) is 0 Å². The van der Waals surface area contributed by atoms with Crippen molar-refractivity contribution in [2.24, 2.45) is 0 Å². The van der Waals surface area contributed by atoms with Gasteiger partial charge in [0.1, 0.15) is 5.56 Å². The Morgan fingerprint density at radius 3 is 2.69 bits per heavy atom. The first-order chi connectivity index (χ1) is 7.56. The average Bonchev–Trinajstić information content (AvgIpc) is 2.28. The Balaban J connectivity index is 2.78. The lowest BCUT2D eigenvalue weighted by Crippen LogP contribution is -2.27. The van der Waals surface area contributed by atoms with Gasteiger partial charge in [0.05, 0.1) is 13.4 Å². The third-order valence-electron chi connectivity index (χ3n) is 1.77. The predicted octanol–water partition coefficient (Wildman–Crippen LogP) is 0.358. The number of ether oxygens (including phenoxy) is 2. The van der Waals surface area contributed by atoms with E-state index in [1.807, 2.05) is 0 Å². The van der Waals surface area contributed by atoms with E-state index in [2.05, 4.69) is 9.15 Å². The highest BCUT2D eigenvalue weighted by atomic mass is 16.6. The number of hydrogen-bond acceptors (Lipinski definition) is 6. The van der Waals surface area contributed by atoms with Crippen molar-refractivity contribution in [1.82, 2.24) is 0 Å². The summed E-state index contributed by atoms with van der Waals surface area (Å²) in [5, 5.41) is 0. The van der Waals surface area contributed by atoms with Crippen LogP contribution in [-0.2, 0) is 14.3 Å². The van der Waals surface area contributed by atoms with Gasteiger partial charge in [0.2, 0.25) is 0 Å². The number of methoxy groups -OCH3 is 1. The van der Waals surface area contributed by atoms with Crippen LogP contribution in [0.3, 0.4) is 0 Å². The molecular formula is C10H10O6. The fourth-order valence-corrected chi connectivity index (χ4v) is 0.958. The summed E-state index contributed by atoms with van der Waals surface area (Å²) in [7, 11) is 1.17. The molecule has 0 spiro atoms. The fraction of sp³-hybridized carbons (Fsp3) is 0.300. The number of hydrogen-bond donors (Lipinski definition) is 0. The van der Waals surface area contributed by atoms with E-state index in [0.29, 0.717) is 0 Å². The lowest BCUT2D eigenvalue weighted by molar-refractivity contribution is -0.149. The molecule has 0 fully saturated rings. The van der Waals surface area contributed by atoms with E-state index in [1.54, 1.807) is 0 Å². The second kappa shape index (κ2) is 5.11.